The van der Waals surface area contributed by atoms with Gasteiger partial charge in [0.25, 0.3) is 10.2 Å². The minimum absolute atomic E-state index is 0.0504. The van der Waals surface area contributed by atoms with E-state index in [0.717, 1.165) is 18.4 Å². The largest absolute Gasteiger partial charge is 0.496 e. The molecule has 0 aromatic heterocycles. The highest BCUT2D eigenvalue weighted by molar-refractivity contribution is 7.86. The number of morpholine rings is 1. The standard InChI is InChI=1S/C17H26N2O5S/c1-22-17-7-3-2-5-15(17)13-19(14-16-6-4-10-24-16)25(20,21)18-8-11-23-12-9-18/h2-3,5,7,16H,4,6,8-14H2,1H3. The van der Waals surface area contributed by atoms with Crippen LogP contribution in [0.4, 0.5) is 0 Å². The van der Waals surface area contributed by atoms with E-state index < -0.39 is 10.2 Å². The van der Waals surface area contributed by atoms with Crippen LogP contribution in [-0.2, 0) is 26.2 Å². The van der Waals surface area contributed by atoms with E-state index in [1.807, 2.05) is 24.3 Å². The summed E-state index contributed by atoms with van der Waals surface area (Å²) in [6.07, 6.45) is 1.82. The Morgan fingerprint density at radius 2 is 2.00 bits per heavy atom. The normalized spacial score (nSPS) is 22.4. The summed E-state index contributed by atoms with van der Waals surface area (Å²) in [5, 5.41) is 0. The van der Waals surface area contributed by atoms with Crippen molar-refractivity contribution < 1.29 is 22.6 Å². The zero-order valence-corrected chi connectivity index (χ0v) is 15.4. The van der Waals surface area contributed by atoms with E-state index in [1.54, 1.807) is 7.11 Å². The Hall–Kier alpha value is -1.19. The van der Waals surface area contributed by atoms with Crippen LogP contribution >= 0.6 is 0 Å². The van der Waals surface area contributed by atoms with Gasteiger partial charge < -0.3 is 14.2 Å². The molecule has 1 unspecified atom stereocenters. The molecule has 0 saturated carbocycles. The van der Waals surface area contributed by atoms with Crippen molar-refractivity contribution in [2.75, 3.05) is 46.6 Å². The minimum atomic E-state index is -3.58. The lowest BCUT2D eigenvalue weighted by molar-refractivity contribution is 0.0650. The first-order valence-electron chi connectivity index (χ1n) is 8.67. The second-order valence-corrected chi connectivity index (χ2v) is 8.19. The molecule has 0 spiro atoms. The molecule has 2 aliphatic rings. The Labute approximate surface area is 149 Å². The molecule has 2 fully saturated rings. The quantitative estimate of drug-likeness (QED) is 0.723. The molecule has 1 atom stereocenters. The van der Waals surface area contributed by atoms with E-state index in [0.29, 0.717) is 45.2 Å². The fourth-order valence-electron chi connectivity index (χ4n) is 3.22. The average Bonchev–Trinajstić information content (AvgIpc) is 3.15. The molecule has 8 heteroatoms. The smallest absolute Gasteiger partial charge is 0.282 e. The van der Waals surface area contributed by atoms with Crippen LogP contribution < -0.4 is 4.74 Å². The Balaban J connectivity index is 1.83. The van der Waals surface area contributed by atoms with Crippen LogP contribution in [0.15, 0.2) is 24.3 Å². The van der Waals surface area contributed by atoms with Crippen molar-refractivity contribution >= 4 is 10.2 Å². The number of methoxy groups -OCH3 is 1. The summed E-state index contributed by atoms with van der Waals surface area (Å²) in [5.74, 6) is 0.692. The lowest BCUT2D eigenvalue weighted by atomic mass is 10.2. The molecule has 7 nitrogen and oxygen atoms in total. The average molecular weight is 370 g/mol. The third-order valence-corrected chi connectivity index (χ3v) is 6.54. The van der Waals surface area contributed by atoms with E-state index in [4.69, 9.17) is 14.2 Å². The fourth-order valence-corrected chi connectivity index (χ4v) is 4.81. The molecule has 1 aromatic carbocycles. The molecule has 2 saturated heterocycles. The van der Waals surface area contributed by atoms with E-state index in [1.165, 1.54) is 8.61 Å². The number of hydrogen-bond acceptors (Lipinski definition) is 5. The summed E-state index contributed by atoms with van der Waals surface area (Å²) >= 11 is 0. The first-order chi connectivity index (χ1) is 12.1. The predicted octanol–water partition coefficient (Wildman–Crippen LogP) is 1.25. The van der Waals surface area contributed by atoms with Crippen molar-refractivity contribution in [1.29, 1.82) is 0 Å². The third-order valence-electron chi connectivity index (χ3n) is 4.59. The first kappa shape index (κ1) is 18.6. The highest BCUT2D eigenvalue weighted by Gasteiger charge is 2.34. The van der Waals surface area contributed by atoms with Gasteiger partial charge in [-0.05, 0) is 18.9 Å². The van der Waals surface area contributed by atoms with Crippen molar-refractivity contribution in [1.82, 2.24) is 8.61 Å². The van der Waals surface area contributed by atoms with Crippen LogP contribution in [0.3, 0.4) is 0 Å². The number of ether oxygens (including phenoxy) is 3. The number of hydrogen-bond donors (Lipinski definition) is 0. The summed E-state index contributed by atoms with van der Waals surface area (Å²) in [7, 11) is -1.99. The van der Waals surface area contributed by atoms with Crippen molar-refractivity contribution in [3.8, 4) is 5.75 Å². The van der Waals surface area contributed by atoms with Crippen LogP contribution in [0.1, 0.15) is 18.4 Å². The molecule has 2 aliphatic heterocycles. The van der Waals surface area contributed by atoms with Crippen LogP contribution in [0.5, 0.6) is 5.75 Å². The summed E-state index contributed by atoms with van der Waals surface area (Å²) in [6, 6.07) is 7.52. The molecule has 1 aromatic rings. The molecule has 0 aliphatic carbocycles. The molecule has 25 heavy (non-hydrogen) atoms. The first-order valence-corrected chi connectivity index (χ1v) is 10.1. The maximum Gasteiger partial charge on any atom is 0.282 e. The predicted molar refractivity (Wildman–Crippen MR) is 93.7 cm³/mol. The molecular formula is C17H26N2O5S. The summed E-state index contributed by atoms with van der Waals surface area (Å²) < 4.78 is 45.7. The molecule has 3 rings (SSSR count). The van der Waals surface area contributed by atoms with Gasteiger partial charge in [0, 0.05) is 38.3 Å². The Morgan fingerprint density at radius 3 is 2.68 bits per heavy atom. The van der Waals surface area contributed by atoms with Crippen LogP contribution in [0.25, 0.3) is 0 Å². The molecule has 140 valence electrons. The van der Waals surface area contributed by atoms with Gasteiger partial charge in [-0.15, -0.1) is 0 Å². The highest BCUT2D eigenvalue weighted by atomic mass is 32.2. The maximum atomic E-state index is 13.2. The molecule has 2 heterocycles. The zero-order chi connectivity index (χ0) is 17.7. The lowest BCUT2D eigenvalue weighted by Gasteiger charge is -2.33. The molecule has 0 amide bonds. The summed E-state index contributed by atoms with van der Waals surface area (Å²) in [4.78, 5) is 0. The van der Waals surface area contributed by atoms with Gasteiger partial charge in [0.1, 0.15) is 5.75 Å². The Morgan fingerprint density at radius 1 is 1.24 bits per heavy atom. The van der Waals surface area contributed by atoms with Gasteiger partial charge in [0.15, 0.2) is 0 Å². The molecular weight excluding hydrogens is 344 g/mol. The maximum absolute atomic E-state index is 13.2. The van der Waals surface area contributed by atoms with E-state index in [-0.39, 0.29) is 12.6 Å². The van der Waals surface area contributed by atoms with Crippen LogP contribution in [0.2, 0.25) is 0 Å². The van der Waals surface area contributed by atoms with Crippen molar-refractivity contribution in [3.05, 3.63) is 29.8 Å². The van der Waals surface area contributed by atoms with Crippen LogP contribution in [0, 0.1) is 0 Å². The second-order valence-electron chi connectivity index (χ2n) is 6.26. The molecule has 0 radical (unpaired) electrons. The van der Waals surface area contributed by atoms with Gasteiger partial charge in [-0.2, -0.15) is 17.0 Å². The Kier molecular flexibility index (Phi) is 6.29. The van der Waals surface area contributed by atoms with E-state index in [2.05, 4.69) is 0 Å². The van der Waals surface area contributed by atoms with Gasteiger partial charge >= 0.3 is 0 Å². The lowest BCUT2D eigenvalue weighted by Crippen LogP contribution is -2.50. The summed E-state index contributed by atoms with van der Waals surface area (Å²) in [5.41, 5.74) is 0.847. The van der Waals surface area contributed by atoms with Gasteiger partial charge in [-0.3, -0.25) is 0 Å². The third kappa shape index (κ3) is 4.51. The van der Waals surface area contributed by atoms with E-state index >= 15 is 0 Å². The molecule has 0 N–H and O–H groups in total. The highest BCUT2D eigenvalue weighted by Crippen LogP contribution is 2.24. The monoisotopic (exact) mass is 370 g/mol. The number of rotatable bonds is 7. The van der Waals surface area contributed by atoms with Crippen molar-refractivity contribution in [2.24, 2.45) is 0 Å². The number of benzene rings is 1. The zero-order valence-electron chi connectivity index (χ0n) is 14.6. The van der Waals surface area contributed by atoms with Crippen molar-refractivity contribution in [2.45, 2.75) is 25.5 Å². The van der Waals surface area contributed by atoms with E-state index in [9.17, 15) is 8.42 Å². The fraction of sp³-hybridized carbons (Fsp3) is 0.647. The van der Waals surface area contributed by atoms with Crippen molar-refractivity contribution in [3.63, 3.8) is 0 Å². The van der Waals surface area contributed by atoms with Gasteiger partial charge in [0.05, 0.1) is 26.4 Å². The van der Waals surface area contributed by atoms with Crippen LogP contribution in [-0.4, -0.2) is 69.7 Å². The minimum Gasteiger partial charge on any atom is -0.496 e. The van der Waals surface area contributed by atoms with Gasteiger partial charge in [0.2, 0.25) is 0 Å². The number of nitrogens with zero attached hydrogens (tertiary/aromatic N) is 2. The summed E-state index contributed by atoms with van der Waals surface area (Å²) in [6.45, 7) is 2.96. The number of para-hydroxylation sites is 1. The second kappa shape index (κ2) is 8.46. The molecule has 0 bridgehead atoms. The van der Waals surface area contributed by atoms with Gasteiger partial charge in [-0.1, -0.05) is 18.2 Å². The SMILES string of the molecule is COc1ccccc1CN(CC1CCCO1)S(=O)(=O)N1CCOCC1. The topological polar surface area (TPSA) is 68.3 Å². The van der Waals surface area contributed by atoms with Gasteiger partial charge in [-0.25, -0.2) is 0 Å². The Bertz CT molecular complexity index is 655.